The maximum absolute atomic E-state index is 14.2. The van der Waals surface area contributed by atoms with Gasteiger partial charge < -0.3 is 40.4 Å². The van der Waals surface area contributed by atoms with Crippen LogP contribution in [0.4, 0.5) is 0 Å². The Morgan fingerprint density at radius 2 is 1.75 bits per heavy atom. The van der Waals surface area contributed by atoms with Gasteiger partial charge in [-0.25, -0.2) is 4.79 Å². The number of hydrogen-bond donors (Lipinski definition) is 6. The molecule has 0 unspecified atom stereocenters. The van der Waals surface area contributed by atoms with Crippen LogP contribution in [0.3, 0.4) is 0 Å². The highest BCUT2D eigenvalue weighted by Crippen LogP contribution is 2.76. The molecule has 7 aliphatic carbocycles. The standard InChI is InChI=1S/C43H65NO8/c1-5-6-7-12-27-20-40(23-45)33-15-16-39(3)35-28(17-29(22-44-4)37-30(35)19-34(46)52-37)21-41(39,49)43(33,51)38(48)32-18-26(24(2)25-10-8-9-11-25)13-14-31(36(27)47)42(32,40)50/h17,19,23-28,31-33,35-38,44,47-51H,5-16,18,20-22H2,1-4H3/t24-,26-,27-,28+,31-,32+,33+,35+,36-,37+,38-,39+,40-,41+,42+,43+/m0/s1. The molecule has 8 rings (SSSR count). The lowest BCUT2D eigenvalue weighted by molar-refractivity contribution is -0.377. The summed E-state index contributed by atoms with van der Waals surface area (Å²) < 4.78 is 5.84. The van der Waals surface area contributed by atoms with Gasteiger partial charge in [-0.3, -0.25) is 0 Å². The quantitative estimate of drug-likeness (QED) is 0.0865. The zero-order valence-electron chi connectivity index (χ0n) is 31.9. The molecule has 6 fully saturated rings. The van der Waals surface area contributed by atoms with Crippen molar-refractivity contribution >= 4 is 12.3 Å². The number of carbonyl (C=O) groups is 2. The minimum atomic E-state index is -2.11. The fourth-order valence-corrected chi connectivity index (χ4v) is 15.2. The van der Waals surface area contributed by atoms with Gasteiger partial charge in [-0.15, -0.1) is 0 Å². The number of fused-ring (bicyclic) bond motifs is 8. The lowest BCUT2D eigenvalue weighted by Gasteiger charge is -2.73. The number of aliphatic hydroxyl groups excluding tert-OH is 2. The Labute approximate surface area is 310 Å². The first-order chi connectivity index (χ1) is 24.8. The molecule has 8 aliphatic rings. The van der Waals surface area contributed by atoms with E-state index < -0.39 is 69.7 Å². The summed E-state index contributed by atoms with van der Waals surface area (Å²) in [5.41, 5.74) is -6.33. The maximum Gasteiger partial charge on any atom is 0.331 e. The summed E-state index contributed by atoms with van der Waals surface area (Å²) in [6.45, 7) is 6.97. The number of rotatable bonds is 9. The second kappa shape index (κ2) is 13.0. The van der Waals surface area contributed by atoms with E-state index in [0.29, 0.717) is 44.1 Å². The molecule has 1 heterocycles. The van der Waals surface area contributed by atoms with E-state index in [-0.39, 0.29) is 36.5 Å². The van der Waals surface area contributed by atoms with E-state index in [4.69, 9.17) is 4.74 Å². The molecule has 0 spiro atoms. The average Bonchev–Trinajstić information content (AvgIpc) is 3.81. The highest BCUT2D eigenvalue weighted by molar-refractivity contribution is 5.87. The lowest BCUT2D eigenvalue weighted by atomic mass is 9.34. The fraction of sp³-hybridized carbons (Fsp3) is 0.860. The monoisotopic (exact) mass is 723 g/mol. The molecule has 9 heteroatoms. The normalized spacial score (nSPS) is 51.5. The van der Waals surface area contributed by atoms with Gasteiger partial charge in [-0.2, -0.15) is 0 Å². The number of ether oxygens (including phenoxy) is 1. The van der Waals surface area contributed by atoms with Crippen molar-refractivity contribution in [3.63, 3.8) is 0 Å². The van der Waals surface area contributed by atoms with Crippen LogP contribution in [-0.2, 0) is 14.3 Å². The Hall–Kier alpha value is -1.62. The molecule has 6 N–H and O–H groups in total. The van der Waals surface area contributed by atoms with Crippen molar-refractivity contribution < 1.29 is 39.9 Å². The first-order valence-electron chi connectivity index (χ1n) is 21.0. The summed E-state index contributed by atoms with van der Waals surface area (Å²) in [5, 5.41) is 69.3. The van der Waals surface area contributed by atoms with Gasteiger partial charge in [0.2, 0.25) is 0 Å². The summed E-state index contributed by atoms with van der Waals surface area (Å²) >= 11 is 0. The van der Waals surface area contributed by atoms with Crippen molar-refractivity contribution in [3.05, 3.63) is 23.3 Å². The molecule has 0 bridgehead atoms. The van der Waals surface area contributed by atoms with E-state index in [1.165, 1.54) is 12.8 Å². The van der Waals surface area contributed by atoms with Crippen LogP contribution in [0.15, 0.2) is 23.3 Å². The highest BCUT2D eigenvalue weighted by atomic mass is 16.5. The van der Waals surface area contributed by atoms with Crippen LogP contribution in [0.5, 0.6) is 0 Å². The van der Waals surface area contributed by atoms with Gasteiger partial charge in [0, 0.05) is 35.8 Å². The number of nitrogens with one attached hydrogen (secondary N) is 1. The number of esters is 1. The zero-order valence-corrected chi connectivity index (χ0v) is 31.9. The minimum Gasteiger partial charge on any atom is -0.450 e. The molecule has 0 aromatic heterocycles. The van der Waals surface area contributed by atoms with Crippen LogP contribution in [0.1, 0.15) is 117 Å². The van der Waals surface area contributed by atoms with Crippen molar-refractivity contribution in [3.8, 4) is 0 Å². The molecular formula is C43H65NO8. The summed E-state index contributed by atoms with van der Waals surface area (Å²) in [4.78, 5) is 27.0. The lowest BCUT2D eigenvalue weighted by Crippen LogP contribution is -2.85. The van der Waals surface area contributed by atoms with Crippen molar-refractivity contribution in [2.75, 3.05) is 13.6 Å². The van der Waals surface area contributed by atoms with Gasteiger partial charge in [-0.1, -0.05) is 71.8 Å². The SMILES string of the molecule is CCCCC[C@H]1C[C@]2(C=O)[C@H]3CC[C@]4(C)[C@H]5C6=CC(=O)O[C@@H]6C(CNC)=C[C@@H]5C[C@]4(O)[C@]3(O)[C@@H](O)[C@H]3C[C@@H]([C@@H](C)C4CCCC4)CC[C@@H]([C@H]1O)[C@@]32O. The van der Waals surface area contributed by atoms with Crippen LogP contribution in [0.25, 0.3) is 0 Å². The molecule has 290 valence electrons. The summed E-state index contributed by atoms with van der Waals surface area (Å²) in [6.07, 6.45) is 13.1. The first-order valence-corrected chi connectivity index (χ1v) is 21.0. The van der Waals surface area contributed by atoms with Crippen LogP contribution in [0.2, 0.25) is 0 Å². The van der Waals surface area contributed by atoms with E-state index >= 15 is 0 Å². The Morgan fingerprint density at radius 1 is 1.00 bits per heavy atom. The van der Waals surface area contributed by atoms with Crippen LogP contribution < -0.4 is 5.32 Å². The van der Waals surface area contributed by atoms with E-state index in [0.717, 1.165) is 62.4 Å². The van der Waals surface area contributed by atoms with Gasteiger partial charge in [0.1, 0.15) is 23.6 Å². The second-order valence-electron chi connectivity index (χ2n) is 19.3. The van der Waals surface area contributed by atoms with E-state index in [2.05, 4.69) is 25.2 Å². The largest absolute Gasteiger partial charge is 0.450 e. The number of likely N-dealkylation sites (N-methyl/N-ethyl adjacent to an activating group) is 1. The predicted molar refractivity (Wildman–Crippen MR) is 195 cm³/mol. The number of unbranched alkanes of at least 4 members (excludes halogenated alkanes) is 2. The zero-order chi connectivity index (χ0) is 37.0. The van der Waals surface area contributed by atoms with E-state index in [9.17, 15) is 35.1 Å². The molecule has 1 aliphatic heterocycles. The highest BCUT2D eigenvalue weighted by Gasteiger charge is 2.85. The van der Waals surface area contributed by atoms with Crippen LogP contribution >= 0.6 is 0 Å². The third-order valence-corrected chi connectivity index (χ3v) is 17.6. The maximum atomic E-state index is 14.2. The minimum absolute atomic E-state index is 0.142. The smallest absolute Gasteiger partial charge is 0.331 e. The summed E-state index contributed by atoms with van der Waals surface area (Å²) in [6, 6.07) is 0. The number of hydrogen-bond acceptors (Lipinski definition) is 9. The average molecular weight is 724 g/mol. The molecule has 0 saturated heterocycles. The van der Waals surface area contributed by atoms with Crippen LogP contribution in [0, 0.1) is 64.1 Å². The first kappa shape index (κ1) is 37.3. The molecule has 0 aromatic carbocycles. The van der Waals surface area contributed by atoms with Crippen molar-refractivity contribution in [1.82, 2.24) is 5.32 Å². The van der Waals surface area contributed by atoms with Crippen LogP contribution in [-0.4, -0.2) is 86.5 Å². The van der Waals surface area contributed by atoms with Crippen molar-refractivity contribution in [2.45, 2.75) is 152 Å². The topological polar surface area (TPSA) is 157 Å². The number of aldehydes is 1. The van der Waals surface area contributed by atoms with Crippen molar-refractivity contribution in [1.29, 1.82) is 0 Å². The fourth-order valence-electron chi connectivity index (χ4n) is 15.2. The van der Waals surface area contributed by atoms with Gasteiger partial charge in [0.05, 0.1) is 23.2 Å². The third-order valence-electron chi connectivity index (χ3n) is 17.6. The van der Waals surface area contributed by atoms with E-state index in [1.54, 1.807) is 6.08 Å². The van der Waals surface area contributed by atoms with E-state index in [1.807, 2.05) is 14.0 Å². The second-order valence-corrected chi connectivity index (χ2v) is 19.3. The van der Waals surface area contributed by atoms with Gasteiger partial charge >= 0.3 is 5.97 Å². The summed E-state index contributed by atoms with van der Waals surface area (Å²) in [7, 11) is 1.85. The summed E-state index contributed by atoms with van der Waals surface area (Å²) in [5.74, 6) is -2.56. The van der Waals surface area contributed by atoms with Gasteiger partial charge in [0.15, 0.2) is 0 Å². The third kappa shape index (κ3) is 4.68. The number of aliphatic hydroxyl groups is 5. The molecule has 6 saturated carbocycles. The number of allylic oxidation sites excluding steroid dienone is 1. The molecule has 0 radical (unpaired) electrons. The molecular weight excluding hydrogens is 658 g/mol. The van der Waals surface area contributed by atoms with Crippen molar-refractivity contribution in [2.24, 2.45) is 64.1 Å². The Bertz CT molecular complexity index is 1490. The van der Waals surface area contributed by atoms with Gasteiger partial charge in [0.25, 0.3) is 0 Å². The molecule has 9 nitrogen and oxygen atoms in total. The molecule has 0 amide bonds. The molecule has 0 aromatic rings. The Morgan fingerprint density at radius 3 is 2.44 bits per heavy atom. The Balaban J connectivity index is 1.28. The predicted octanol–water partition coefficient (Wildman–Crippen LogP) is 4.62. The Kier molecular flexibility index (Phi) is 9.31. The molecule has 52 heavy (non-hydrogen) atoms. The van der Waals surface area contributed by atoms with Gasteiger partial charge in [-0.05, 0) is 105 Å². The molecule has 16 atom stereocenters. The number of carbonyl (C=O) groups excluding carboxylic acids is 2.